The van der Waals surface area contributed by atoms with Crippen LogP contribution in [0.5, 0.6) is 0 Å². The van der Waals surface area contributed by atoms with E-state index >= 15 is 0 Å². The highest BCUT2D eigenvalue weighted by Gasteiger charge is 2.02. The Bertz CT molecular complexity index is 692. The van der Waals surface area contributed by atoms with E-state index in [1.807, 2.05) is 6.07 Å². The Kier molecular flexibility index (Phi) is 3.51. The van der Waals surface area contributed by atoms with Crippen molar-refractivity contribution < 1.29 is 0 Å². The van der Waals surface area contributed by atoms with Crippen molar-refractivity contribution in [2.75, 3.05) is 5.32 Å². The van der Waals surface area contributed by atoms with Gasteiger partial charge in [0.2, 0.25) is 0 Å². The van der Waals surface area contributed by atoms with E-state index in [0.29, 0.717) is 0 Å². The summed E-state index contributed by atoms with van der Waals surface area (Å²) < 4.78 is 1.13. The first-order chi connectivity index (χ1) is 9.34. The second kappa shape index (κ2) is 5.45. The van der Waals surface area contributed by atoms with Crippen molar-refractivity contribution in [3.05, 3.63) is 76.8 Å². The van der Waals surface area contributed by atoms with Gasteiger partial charge in [0, 0.05) is 22.1 Å². The highest BCUT2D eigenvalue weighted by Crippen LogP contribution is 2.29. The van der Waals surface area contributed by atoms with E-state index in [2.05, 4.69) is 81.9 Å². The Balaban J connectivity index is 1.91. The summed E-state index contributed by atoms with van der Waals surface area (Å²) in [5.74, 6) is 0. The quantitative estimate of drug-likeness (QED) is 0.699. The van der Waals surface area contributed by atoms with E-state index in [4.69, 9.17) is 0 Å². The van der Waals surface area contributed by atoms with Crippen molar-refractivity contribution in [1.82, 2.24) is 0 Å². The summed E-state index contributed by atoms with van der Waals surface area (Å²) in [6.45, 7) is 0.840. The molecule has 0 fully saturated rings. The van der Waals surface area contributed by atoms with E-state index in [1.54, 1.807) is 0 Å². The zero-order chi connectivity index (χ0) is 13.1. The Labute approximate surface area is 121 Å². The predicted molar refractivity (Wildman–Crippen MR) is 85.4 cm³/mol. The second-order valence-electron chi connectivity index (χ2n) is 4.48. The zero-order valence-corrected chi connectivity index (χ0v) is 12.0. The monoisotopic (exact) mass is 311 g/mol. The van der Waals surface area contributed by atoms with Gasteiger partial charge in [-0.25, -0.2) is 0 Å². The third-order valence-electron chi connectivity index (χ3n) is 3.19. The smallest absolute Gasteiger partial charge is 0.0422 e. The number of anilines is 1. The van der Waals surface area contributed by atoms with Gasteiger partial charge in [-0.15, -0.1) is 0 Å². The average molecular weight is 312 g/mol. The first kappa shape index (κ1) is 12.2. The van der Waals surface area contributed by atoms with Crippen molar-refractivity contribution in [3.63, 3.8) is 0 Å². The molecule has 0 bridgehead atoms. The summed E-state index contributed by atoms with van der Waals surface area (Å²) in [6.07, 6.45) is 0. The van der Waals surface area contributed by atoms with Gasteiger partial charge in [-0.3, -0.25) is 0 Å². The van der Waals surface area contributed by atoms with Gasteiger partial charge in [0.15, 0.2) is 0 Å². The van der Waals surface area contributed by atoms with Gasteiger partial charge in [-0.05, 0) is 23.1 Å². The fraction of sp³-hybridized carbons (Fsp3) is 0.0588. The van der Waals surface area contributed by atoms with Crippen molar-refractivity contribution in [2.24, 2.45) is 0 Å². The molecule has 0 amide bonds. The van der Waals surface area contributed by atoms with Crippen LogP contribution in [0, 0.1) is 0 Å². The highest BCUT2D eigenvalue weighted by atomic mass is 79.9. The molecule has 94 valence electrons. The first-order valence-corrected chi connectivity index (χ1v) is 7.09. The number of halogens is 1. The zero-order valence-electron chi connectivity index (χ0n) is 10.4. The van der Waals surface area contributed by atoms with Gasteiger partial charge in [0.1, 0.15) is 0 Å². The van der Waals surface area contributed by atoms with Crippen LogP contribution >= 0.6 is 15.9 Å². The minimum atomic E-state index is 0.840. The van der Waals surface area contributed by atoms with Gasteiger partial charge in [0.05, 0.1) is 0 Å². The molecule has 3 aromatic rings. The Morgan fingerprint density at radius 1 is 0.737 bits per heavy atom. The molecule has 0 aromatic heterocycles. The molecule has 0 aliphatic heterocycles. The Morgan fingerprint density at radius 3 is 2.32 bits per heavy atom. The van der Waals surface area contributed by atoms with E-state index in [1.165, 1.54) is 22.0 Å². The topological polar surface area (TPSA) is 12.0 Å². The largest absolute Gasteiger partial charge is 0.380 e. The molecule has 0 atom stereocenters. The lowest BCUT2D eigenvalue weighted by Crippen LogP contribution is -1.99. The van der Waals surface area contributed by atoms with E-state index < -0.39 is 0 Å². The number of rotatable bonds is 3. The van der Waals surface area contributed by atoms with E-state index in [-0.39, 0.29) is 0 Å². The molecule has 1 N–H and O–H groups in total. The number of nitrogens with one attached hydrogen (secondary N) is 1. The van der Waals surface area contributed by atoms with Crippen molar-refractivity contribution in [2.45, 2.75) is 6.54 Å². The molecule has 3 rings (SSSR count). The molecule has 1 nitrogen and oxygen atoms in total. The van der Waals surface area contributed by atoms with Crippen molar-refractivity contribution in [3.8, 4) is 0 Å². The molecule has 0 saturated carbocycles. The molecular weight excluding hydrogens is 298 g/mol. The standard InChI is InChI=1S/C17H14BrN/c18-16-10-4-9-15-14(16)8-5-11-17(15)19-12-13-6-2-1-3-7-13/h1-11,19H,12H2. The molecular formula is C17H14BrN. The molecule has 0 aliphatic carbocycles. The van der Waals surface area contributed by atoms with E-state index in [0.717, 1.165) is 11.0 Å². The number of fused-ring (bicyclic) bond motifs is 1. The summed E-state index contributed by atoms with van der Waals surface area (Å²) in [5, 5.41) is 5.99. The van der Waals surface area contributed by atoms with Crippen LogP contribution in [0.3, 0.4) is 0 Å². The van der Waals surface area contributed by atoms with Gasteiger partial charge in [-0.1, -0.05) is 70.5 Å². The van der Waals surface area contributed by atoms with Crippen LogP contribution in [0.15, 0.2) is 71.2 Å². The predicted octanol–water partition coefficient (Wildman–Crippen LogP) is 5.21. The lowest BCUT2D eigenvalue weighted by molar-refractivity contribution is 1.15. The fourth-order valence-electron chi connectivity index (χ4n) is 2.22. The van der Waals surface area contributed by atoms with Crippen LogP contribution in [0.4, 0.5) is 5.69 Å². The molecule has 0 heterocycles. The summed E-state index contributed by atoms with van der Waals surface area (Å²) in [7, 11) is 0. The third-order valence-corrected chi connectivity index (χ3v) is 3.89. The van der Waals surface area contributed by atoms with Crippen LogP contribution in [0.1, 0.15) is 5.56 Å². The number of benzene rings is 3. The highest BCUT2D eigenvalue weighted by molar-refractivity contribution is 9.10. The molecule has 0 aliphatic rings. The van der Waals surface area contributed by atoms with E-state index in [9.17, 15) is 0 Å². The minimum absolute atomic E-state index is 0.840. The average Bonchev–Trinajstić information content (AvgIpc) is 2.47. The molecule has 3 aromatic carbocycles. The lowest BCUT2D eigenvalue weighted by atomic mass is 10.1. The van der Waals surface area contributed by atoms with Crippen LogP contribution < -0.4 is 5.32 Å². The maximum atomic E-state index is 3.60. The van der Waals surface area contributed by atoms with Gasteiger partial charge in [0.25, 0.3) is 0 Å². The van der Waals surface area contributed by atoms with Gasteiger partial charge >= 0.3 is 0 Å². The normalized spacial score (nSPS) is 10.6. The first-order valence-electron chi connectivity index (χ1n) is 6.29. The van der Waals surface area contributed by atoms with Crippen molar-refractivity contribution in [1.29, 1.82) is 0 Å². The molecule has 0 unspecified atom stereocenters. The lowest BCUT2D eigenvalue weighted by Gasteiger charge is -2.10. The molecule has 0 saturated heterocycles. The van der Waals surface area contributed by atoms with Crippen LogP contribution in [0.25, 0.3) is 10.8 Å². The van der Waals surface area contributed by atoms with Crippen molar-refractivity contribution >= 4 is 32.4 Å². The fourth-order valence-corrected chi connectivity index (χ4v) is 2.72. The molecule has 2 heteroatoms. The molecule has 19 heavy (non-hydrogen) atoms. The summed E-state index contributed by atoms with van der Waals surface area (Å²) in [6, 6.07) is 23.1. The Hall–Kier alpha value is -1.80. The number of hydrogen-bond donors (Lipinski definition) is 1. The maximum Gasteiger partial charge on any atom is 0.0422 e. The van der Waals surface area contributed by atoms with Gasteiger partial charge in [-0.2, -0.15) is 0 Å². The Morgan fingerprint density at radius 2 is 1.47 bits per heavy atom. The maximum absolute atomic E-state index is 3.60. The molecule has 0 spiro atoms. The van der Waals surface area contributed by atoms with Crippen LogP contribution in [-0.4, -0.2) is 0 Å². The summed E-state index contributed by atoms with van der Waals surface area (Å²) in [4.78, 5) is 0. The number of hydrogen-bond acceptors (Lipinski definition) is 1. The third kappa shape index (κ3) is 2.64. The second-order valence-corrected chi connectivity index (χ2v) is 5.33. The van der Waals surface area contributed by atoms with Gasteiger partial charge < -0.3 is 5.32 Å². The van der Waals surface area contributed by atoms with Crippen LogP contribution in [-0.2, 0) is 6.54 Å². The summed E-state index contributed by atoms with van der Waals surface area (Å²) >= 11 is 3.60. The SMILES string of the molecule is Brc1cccc2c(NCc3ccccc3)cccc12. The minimum Gasteiger partial charge on any atom is -0.380 e. The summed E-state index contributed by atoms with van der Waals surface area (Å²) in [5.41, 5.74) is 2.46. The molecule has 0 radical (unpaired) electrons. The van der Waals surface area contributed by atoms with Crippen LogP contribution in [0.2, 0.25) is 0 Å².